The number of carbonyl (C=O) groups is 1. The van der Waals surface area contributed by atoms with Crippen LogP contribution in [0.5, 0.6) is 0 Å². The highest BCUT2D eigenvalue weighted by Gasteiger charge is 2.37. The Balaban J connectivity index is 1.78. The second kappa shape index (κ2) is 9.71. The molecule has 1 aromatic carbocycles. The molecule has 7 nitrogen and oxygen atoms in total. The van der Waals surface area contributed by atoms with Gasteiger partial charge in [0.1, 0.15) is 0 Å². The normalized spacial score (nSPS) is 20.7. The van der Waals surface area contributed by atoms with E-state index >= 15 is 0 Å². The lowest BCUT2D eigenvalue weighted by Gasteiger charge is -2.38. The Hall–Kier alpha value is -1.64. The number of benzene rings is 1. The molecule has 0 radical (unpaired) electrons. The molecular formula is C20H28N2O5S. The van der Waals surface area contributed by atoms with Crippen LogP contribution in [0.4, 0.5) is 5.69 Å². The Morgan fingerprint density at radius 2 is 2.07 bits per heavy atom. The number of nitrogens with zero attached hydrogens (tertiary/aromatic N) is 2. The van der Waals surface area contributed by atoms with E-state index in [4.69, 9.17) is 9.47 Å². The fourth-order valence-electron chi connectivity index (χ4n) is 3.58. The second-order valence-corrected chi connectivity index (χ2v) is 8.78. The van der Waals surface area contributed by atoms with Gasteiger partial charge in [0.15, 0.2) is 6.29 Å². The summed E-state index contributed by atoms with van der Waals surface area (Å²) in [5.74, 6) is 1.17. The molecule has 1 aromatic rings. The summed E-state index contributed by atoms with van der Waals surface area (Å²) < 4.78 is 11.3. The summed E-state index contributed by atoms with van der Waals surface area (Å²) >= 11 is 1.47. The van der Waals surface area contributed by atoms with Gasteiger partial charge in [-0.2, -0.15) is 0 Å². The number of amides is 1. The molecular weight excluding hydrogens is 380 g/mol. The van der Waals surface area contributed by atoms with Crippen molar-refractivity contribution in [1.82, 2.24) is 4.90 Å². The number of piperidine rings is 1. The first-order valence-corrected chi connectivity index (χ1v) is 10.9. The number of likely N-dealkylation sites (tertiary alicyclic amines) is 1. The van der Waals surface area contributed by atoms with Crippen molar-refractivity contribution >= 4 is 23.4 Å². The molecule has 0 aromatic heterocycles. The van der Waals surface area contributed by atoms with Gasteiger partial charge in [-0.05, 0) is 49.5 Å². The van der Waals surface area contributed by atoms with E-state index in [0.717, 1.165) is 31.4 Å². The Morgan fingerprint density at radius 3 is 2.75 bits per heavy atom. The summed E-state index contributed by atoms with van der Waals surface area (Å²) in [5.41, 5.74) is 0.353. The molecule has 0 bridgehead atoms. The SMILES string of the molecule is CC(C)CCSc1ccc(C(=O)N2CCCCC2C2OCCO2)cc1[N+](=O)[O-]. The van der Waals surface area contributed by atoms with Crippen molar-refractivity contribution in [2.24, 2.45) is 5.92 Å². The van der Waals surface area contributed by atoms with Gasteiger partial charge in [-0.15, -0.1) is 11.8 Å². The van der Waals surface area contributed by atoms with Crippen LogP contribution >= 0.6 is 11.8 Å². The smallest absolute Gasteiger partial charge is 0.283 e. The Morgan fingerprint density at radius 1 is 1.32 bits per heavy atom. The molecule has 0 N–H and O–H groups in total. The van der Waals surface area contributed by atoms with Crippen LogP contribution in [0.25, 0.3) is 0 Å². The number of nitro benzene ring substituents is 1. The highest BCUT2D eigenvalue weighted by atomic mass is 32.2. The third kappa shape index (κ3) is 5.04. The van der Waals surface area contributed by atoms with E-state index in [-0.39, 0.29) is 17.6 Å². The molecule has 2 aliphatic heterocycles. The van der Waals surface area contributed by atoms with Crippen molar-refractivity contribution in [2.75, 3.05) is 25.5 Å². The van der Waals surface area contributed by atoms with E-state index in [2.05, 4.69) is 13.8 Å². The number of rotatable bonds is 7. The van der Waals surface area contributed by atoms with Gasteiger partial charge < -0.3 is 14.4 Å². The van der Waals surface area contributed by atoms with Crippen molar-refractivity contribution < 1.29 is 19.2 Å². The first-order chi connectivity index (χ1) is 13.5. The number of hydrogen-bond acceptors (Lipinski definition) is 6. The Labute approximate surface area is 169 Å². The zero-order valence-electron chi connectivity index (χ0n) is 16.5. The summed E-state index contributed by atoms with van der Waals surface area (Å²) in [6.45, 7) is 5.95. The van der Waals surface area contributed by atoms with Crippen LogP contribution in [0.3, 0.4) is 0 Å². The standard InChI is InChI=1S/C20H28N2O5S/c1-14(2)8-12-28-18-7-6-15(13-17(18)22(24)25)19(23)21-9-4-3-5-16(21)20-26-10-11-27-20/h6-7,13-14,16,20H,3-5,8-12H2,1-2H3. The number of carbonyl (C=O) groups excluding carboxylic acids is 1. The minimum absolute atomic E-state index is 0.00142. The van der Waals surface area contributed by atoms with E-state index in [1.807, 2.05) is 0 Å². The van der Waals surface area contributed by atoms with Crippen molar-refractivity contribution in [2.45, 2.75) is 56.8 Å². The summed E-state index contributed by atoms with van der Waals surface area (Å²) in [6.07, 6.45) is 3.34. The first kappa shape index (κ1) is 21.1. The third-order valence-corrected chi connectivity index (χ3v) is 6.22. The maximum Gasteiger partial charge on any atom is 0.283 e. The average molecular weight is 409 g/mol. The van der Waals surface area contributed by atoms with Gasteiger partial charge in [0, 0.05) is 18.2 Å². The van der Waals surface area contributed by atoms with E-state index in [1.165, 1.54) is 17.8 Å². The zero-order valence-corrected chi connectivity index (χ0v) is 17.3. The highest BCUT2D eigenvalue weighted by molar-refractivity contribution is 7.99. The van der Waals surface area contributed by atoms with E-state index in [0.29, 0.717) is 36.1 Å². The lowest BCUT2D eigenvalue weighted by atomic mass is 10.00. The maximum absolute atomic E-state index is 13.1. The molecule has 0 aliphatic carbocycles. The largest absolute Gasteiger partial charge is 0.348 e. The third-order valence-electron chi connectivity index (χ3n) is 5.13. The first-order valence-electron chi connectivity index (χ1n) is 9.93. The van der Waals surface area contributed by atoms with Crippen LogP contribution in [0.2, 0.25) is 0 Å². The molecule has 1 atom stereocenters. The predicted molar refractivity (Wildman–Crippen MR) is 108 cm³/mol. The van der Waals surface area contributed by atoms with Gasteiger partial charge in [-0.1, -0.05) is 13.8 Å². The molecule has 154 valence electrons. The summed E-state index contributed by atoms with van der Waals surface area (Å²) in [4.78, 5) is 26.7. The van der Waals surface area contributed by atoms with Gasteiger partial charge in [0.25, 0.3) is 11.6 Å². The highest BCUT2D eigenvalue weighted by Crippen LogP contribution is 2.33. The van der Waals surface area contributed by atoms with E-state index in [1.54, 1.807) is 17.0 Å². The molecule has 3 rings (SSSR count). The topological polar surface area (TPSA) is 81.9 Å². The monoisotopic (exact) mass is 408 g/mol. The van der Waals surface area contributed by atoms with Gasteiger partial charge in [-0.3, -0.25) is 14.9 Å². The molecule has 0 saturated carbocycles. The van der Waals surface area contributed by atoms with E-state index in [9.17, 15) is 14.9 Å². The predicted octanol–water partition coefficient (Wildman–Crippen LogP) is 4.10. The number of hydrogen-bond donors (Lipinski definition) is 0. The van der Waals surface area contributed by atoms with Crippen LogP contribution in [-0.4, -0.2) is 53.6 Å². The second-order valence-electron chi connectivity index (χ2n) is 7.64. The minimum atomic E-state index is -0.398. The van der Waals surface area contributed by atoms with Crippen LogP contribution in [0.1, 0.15) is 49.9 Å². The van der Waals surface area contributed by atoms with Crippen molar-refractivity contribution in [3.63, 3.8) is 0 Å². The molecule has 0 spiro atoms. The Bertz CT molecular complexity index is 706. The van der Waals surface area contributed by atoms with Crippen molar-refractivity contribution in [3.05, 3.63) is 33.9 Å². The molecule has 2 heterocycles. The van der Waals surface area contributed by atoms with E-state index < -0.39 is 11.2 Å². The fourth-order valence-corrected chi connectivity index (χ4v) is 4.83. The summed E-state index contributed by atoms with van der Waals surface area (Å²) in [7, 11) is 0. The minimum Gasteiger partial charge on any atom is -0.348 e. The van der Waals surface area contributed by atoms with Gasteiger partial charge in [0.05, 0.1) is 29.1 Å². The van der Waals surface area contributed by atoms with Gasteiger partial charge >= 0.3 is 0 Å². The summed E-state index contributed by atoms with van der Waals surface area (Å²) in [5, 5.41) is 11.6. The quantitative estimate of drug-likeness (QED) is 0.384. The fraction of sp³-hybridized carbons (Fsp3) is 0.650. The summed E-state index contributed by atoms with van der Waals surface area (Å²) in [6, 6.07) is 4.69. The van der Waals surface area contributed by atoms with Gasteiger partial charge in [-0.25, -0.2) is 0 Å². The lowest BCUT2D eigenvalue weighted by Crippen LogP contribution is -2.50. The molecule has 1 unspecified atom stereocenters. The molecule has 8 heteroatoms. The zero-order chi connectivity index (χ0) is 20.1. The molecule has 2 fully saturated rings. The van der Waals surface area contributed by atoms with Crippen LogP contribution < -0.4 is 0 Å². The van der Waals surface area contributed by atoms with Gasteiger partial charge in [0.2, 0.25) is 0 Å². The Kier molecular flexibility index (Phi) is 7.31. The molecule has 2 saturated heterocycles. The molecule has 2 aliphatic rings. The van der Waals surface area contributed by atoms with Crippen molar-refractivity contribution in [3.8, 4) is 0 Å². The van der Waals surface area contributed by atoms with Crippen LogP contribution in [-0.2, 0) is 9.47 Å². The van der Waals surface area contributed by atoms with Crippen molar-refractivity contribution in [1.29, 1.82) is 0 Å². The number of thioether (sulfide) groups is 1. The lowest BCUT2D eigenvalue weighted by molar-refractivity contribution is -0.387. The number of ether oxygens (including phenoxy) is 2. The average Bonchev–Trinajstić information content (AvgIpc) is 3.22. The molecule has 28 heavy (non-hydrogen) atoms. The van der Waals surface area contributed by atoms with Crippen LogP contribution in [0.15, 0.2) is 23.1 Å². The number of nitro groups is 1. The molecule has 1 amide bonds. The van der Waals surface area contributed by atoms with Crippen LogP contribution in [0, 0.1) is 16.0 Å². The maximum atomic E-state index is 13.1.